The van der Waals surface area contributed by atoms with E-state index in [-0.39, 0.29) is 6.04 Å². The van der Waals surface area contributed by atoms with Crippen LogP contribution in [0.15, 0.2) is 34.9 Å². The first kappa shape index (κ1) is 13.6. The van der Waals surface area contributed by atoms with E-state index in [0.717, 1.165) is 15.7 Å². The fourth-order valence-corrected chi connectivity index (χ4v) is 1.98. The fraction of sp³-hybridized carbons (Fsp3) is 0.231. The van der Waals surface area contributed by atoms with Crippen LogP contribution >= 0.6 is 15.9 Å². The summed E-state index contributed by atoms with van der Waals surface area (Å²) < 4.78 is 5.86. The normalized spacial score (nSPS) is 11.9. The molecule has 0 fully saturated rings. The monoisotopic (exact) mass is 322 g/mol. The van der Waals surface area contributed by atoms with Gasteiger partial charge in [0.25, 0.3) is 0 Å². The molecule has 3 N–H and O–H groups in total. The molecule has 100 valence electrons. The van der Waals surface area contributed by atoms with Crippen LogP contribution in [0.4, 0.5) is 11.6 Å². The zero-order valence-electron chi connectivity index (χ0n) is 10.7. The predicted octanol–water partition coefficient (Wildman–Crippen LogP) is 3.00. The SMILES string of the molecule is COc1nc(NC(C)c2ccc(N)cc2)ncc1Br. The maximum Gasteiger partial charge on any atom is 0.232 e. The molecule has 0 radical (unpaired) electrons. The number of nitrogens with zero attached hydrogens (tertiary/aromatic N) is 2. The summed E-state index contributed by atoms with van der Waals surface area (Å²) in [6, 6.07) is 7.77. The molecule has 6 heteroatoms. The second kappa shape index (κ2) is 5.88. The Morgan fingerprint density at radius 2 is 2.00 bits per heavy atom. The number of nitrogens with two attached hydrogens (primary N) is 1. The molecule has 0 saturated heterocycles. The molecular weight excluding hydrogens is 308 g/mol. The minimum absolute atomic E-state index is 0.0754. The van der Waals surface area contributed by atoms with Crippen molar-refractivity contribution >= 4 is 27.6 Å². The molecule has 5 nitrogen and oxygen atoms in total. The number of methoxy groups -OCH3 is 1. The summed E-state index contributed by atoms with van der Waals surface area (Å²) in [5.41, 5.74) is 7.53. The molecule has 0 aliphatic rings. The molecule has 1 heterocycles. The molecule has 2 aromatic rings. The molecule has 0 aliphatic heterocycles. The average molecular weight is 323 g/mol. The molecule has 0 amide bonds. The van der Waals surface area contributed by atoms with E-state index in [1.54, 1.807) is 13.3 Å². The van der Waals surface area contributed by atoms with Gasteiger partial charge in [-0.2, -0.15) is 4.98 Å². The number of rotatable bonds is 4. The van der Waals surface area contributed by atoms with Crippen molar-refractivity contribution in [2.45, 2.75) is 13.0 Å². The van der Waals surface area contributed by atoms with Gasteiger partial charge in [0.15, 0.2) is 0 Å². The standard InChI is InChI=1S/C13H15BrN4O/c1-8(9-3-5-10(15)6-4-9)17-13-16-7-11(14)12(18-13)19-2/h3-8H,15H2,1-2H3,(H,16,17,18). The Morgan fingerprint density at radius 1 is 1.32 bits per heavy atom. The molecule has 0 aliphatic carbocycles. The van der Waals surface area contributed by atoms with Gasteiger partial charge in [0.05, 0.1) is 23.8 Å². The quantitative estimate of drug-likeness (QED) is 0.846. The Kier molecular flexibility index (Phi) is 4.21. The Balaban J connectivity index is 2.14. The molecule has 1 atom stereocenters. The third-order valence-corrected chi connectivity index (χ3v) is 3.23. The molecule has 1 aromatic carbocycles. The first-order valence-corrected chi connectivity index (χ1v) is 6.58. The minimum Gasteiger partial charge on any atom is -0.480 e. The summed E-state index contributed by atoms with van der Waals surface area (Å²) in [5, 5.41) is 3.22. The summed E-state index contributed by atoms with van der Waals surface area (Å²) in [7, 11) is 1.57. The van der Waals surface area contributed by atoms with Gasteiger partial charge in [-0.3, -0.25) is 0 Å². The Hall–Kier alpha value is -1.82. The van der Waals surface area contributed by atoms with Crippen molar-refractivity contribution in [3.05, 3.63) is 40.5 Å². The summed E-state index contributed by atoms with van der Waals surface area (Å²) in [5.74, 6) is 1.02. The smallest absolute Gasteiger partial charge is 0.232 e. The van der Waals surface area contributed by atoms with Crippen molar-refractivity contribution in [1.29, 1.82) is 0 Å². The lowest BCUT2D eigenvalue weighted by atomic mass is 10.1. The number of hydrogen-bond acceptors (Lipinski definition) is 5. The predicted molar refractivity (Wildman–Crippen MR) is 79.2 cm³/mol. The summed E-state index contributed by atoms with van der Waals surface area (Å²) in [6.45, 7) is 2.03. The van der Waals surface area contributed by atoms with Crippen LogP contribution in [-0.4, -0.2) is 17.1 Å². The second-order valence-corrected chi connectivity index (χ2v) is 4.94. The lowest BCUT2D eigenvalue weighted by molar-refractivity contribution is 0.394. The van der Waals surface area contributed by atoms with Crippen molar-refractivity contribution in [2.75, 3.05) is 18.2 Å². The van der Waals surface area contributed by atoms with Crippen LogP contribution in [0, 0.1) is 0 Å². The molecule has 0 bridgehead atoms. The second-order valence-electron chi connectivity index (χ2n) is 4.08. The molecule has 0 spiro atoms. The van der Waals surface area contributed by atoms with Crippen LogP contribution in [0.3, 0.4) is 0 Å². The van der Waals surface area contributed by atoms with Gasteiger partial charge in [0.1, 0.15) is 0 Å². The number of aromatic nitrogens is 2. The Labute approximate surface area is 120 Å². The van der Waals surface area contributed by atoms with E-state index >= 15 is 0 Å². The van der Waals surface area contributed by atoms with Gasteiger partial charge in [0.2, 0.25) is 11.8 Å². The van der Waals surface area contributed by atoms with Gasteiger partial charge in [-0.25, -0.2) is 4.98 Å². The minimum atomic E-state index is 0.0754. The van der Waals surface area contributed by atoms with E-state index in [0.29, 0.717) is 11.8 Å². The highest BCUT2D eigenvalue weighted by Gasteiger charge is 2.09. The Bertz CT molecular complexity index is 559. The van der Waals surface area contributed by atoms with Crippen molar-refractivity contribution in [1.82, 2.24) is 9.97 Å². The van der Waals surface area contributed by atoms with Crippen LogP contribution in [0.25, 0.3) is 0 Å². The molecule has 1 aromatic heterocycles. The number of anilines is 2. The summed E-state index contributed by atoms with van der Waals surface area (Å²) in [4.78, 5) is 8.45. The summed E-state index contributed by atoms with van der Waals surface area (Å²) >= 11 is 3.32. The number of nitrogen functional groups attached to an aromatic ring is 1. The van der Waals surface area contributed by atoms with E-state index in [4.69, 9.17) is 10.5 Å². The maximum atomic E-state index is 5.67. The number of nitrogens with one attached hydrogen (secondary N) is 1. The van der Waals surface area contributed by atoms with Crippen molar-refractivity contribution in [2.24, 2.45) is 0 Å². The zero-order valence-corrected chi connectivity index (χ0v) is 12.3. The van der Waals surface area contributed by atoms with Gasteiger partial charge in [-0.15, -0.1) is 0 Å². The number of halogens is 1. The van der Waals surface area contributed by atoms with Crippen LogP contribution < -0.4 is 15.8 Å². The van der Waals surface area contributed by atoms with Gasteiger partial charge < -0.3 is 15.8 Å². The first-order valence-electron chi connectivity index (χ1n) is 5.78. The highest BCUT2D eigenvalue weighted by Crippen LogP contribution is 2.24. The maximum absolute atomic E-state index is 5.67. The van der Waals surface area contributed by atoms with Crippen LogP contribution in [0.1, 0.15) is 18.5 Å². The van der Waals surface area contributed by atoms with E-state index in [9.17, 15) is 0 Å². The van der Waals surface area contributed by atoms with E-state index < -0.39 is 0 Å². The highest BCUT2D eigenvalue weighted by molar-refractivity contribution is 9.10. The number of hydrogen-bond donors (Lipinski definition) is 2. The van der Waals surface area contributed by atoms with Crippen LogP contribution in [-0.2, 0) is 0 Å². The van der Waals surface area contributed by atoms with Crippen LogP contribution in [0.5, 0.6) is 5.88 Å². The largest absolute Gasteiger partial charge is 0.480 e. The molecule has 19 heavy (non-hydrogen) atoms. The third-order valence-electron chi connectivity index (χ3n) is 2.69. The lowest BCUT2D eigenvalue weighted by Crippen LogP contribution is -2.10. The molecule has 1 unspecified atom stereocenters. The van der Waals surface area contributed by atoms with E-state index in [1.807, 2.05) is 31.2 Å². The topological polar surface area (TPSA) is 73.1 Å². The lowest BCUT2D eigenvalue weighted by Gasteiger charge is -2.15. The van der Waals surface area contributed by atoms with Gasteiger partial charge in [-0.1, -0.05) is 12.1 Å². The average Bonchev–Trinajstić information content (AvgIpc) is 2.41. The third kappa shape index (κ3) is 3.35. The highest BCUT2D eigenvalue weighted by atomic mass is 79.9. The first-order chi connectivity index (χ1) is 9.10. The molecular formula is C13H15BrN4O. The molecule has 0 saturated carbocycles. The fourth-order valence-electron chi connectivity index (χ4n) is 1.63. The van der Waals surface area contributed by atoms with Gasteiger partial charge in [0, 0.05) is 5.69 Å². The van der Waals surface area contributed by atoms with Crippen LogP contribution in [0.2, 0.25) is 0 Å². The molecule has 2 rings (SSSR count). The number of ether oxygens (including phenoxy) is 1. The zero-order chi connectivity index (χ0) is 13.8. The van der Waals surface area contributed by atoms with E-state index in [1.165, 1.54) is 0 Å². The van der Waals surface area contributed by atoms with E-state index in [2.05, 4.69) is 31.2 Å². The Morgan fingerprint density at radius 3 is 2.63 bits per heavy atom. The van der Waals surface area contributed by atoms with Crippen molar-refractivity contribution < 1.29 is 4.74 Å². The summed E-state index contributed by atoms with van der Waals surface area (Å²) in [6.07, 6.45) is 1.66. The van der Waals surface area contributed by atoms with Crippen molar-refractivity contribution in [3.8, 4) is 5.88 Å². The number of benzene rings is 1. The van der Waals surface area contributed by atoms with Gasteiger partial charge in [-0.05, 0) is 40.5 Å². The van der Waals surface area contributed by atoms with Gasteiger partial charge >= 0.3 is 0 Å². The van der Waals surface area contributed by atoms with Crippen molar-refractivity contribution in [3.63, 3.8) is 0 Å².